The van der Waals surface area contributed by atoms with Gasteiger partial charge in [0.25, 0.3) is 11.6 Å². The highest BCUT2D eigenvalue weighted by atomic mass is 19.1. The minimum atomic E-state index is -0.319. The fourth-order valence-corrected chi connectivity index (χ4v) is 2.52. The first kappa shape index (κ1) is 16.9. The van der Waals surface area contributed by atoms with Crippen LogP contribution in [0.15, 0.2) is 34.9 Å². The van der Waals surface area contributed by atoms with Crippen LogP contribution in [0.1, 0.15) is 21.7 Å². The second-order valence-electron chi connectivity index (χ2n) is 5.79. The fourth-order valence-electron chi connectivity index (χ4n) is 2.52. The van der Waals surface area contributed by atoms with Crippen molar-refractivity contribution < 1.29 is 18.4 Å². The van der Waals surface area contributed by atoms with Crippen LogP contribution in [0.3, 0.4) is 0 Å². The summed E-state index contributed by atoms with van der Waals surface area (Å²) in [5, 5.41) is 4.51. The summed E-state index contributed by atoms with van der Waals surface area (Å²) in [7, 11) is 1.70. The van der Waals surface area contributed by atoms with E-state index in [0.717, 1.165) is 0 Å². The van der Waals surface area contributed by atoms with Gasteiger partial charge in [0, 0.05) is 12.7 Å². The monoisotopic (exact) mass is 343 g/mol. The molecule has 25 heavy (non-hydrogen) atoms. The number of carbonyl (C=O) groups excluding carboxylic acids is 1. The second kappa shape index (κ2) is 6.88. The van der Waals surface area contributed by atoms with Crippen molar-refractivity contribution in [3.05, 3.63) is 53.1 Å². The molecule has 2 aromatic heterocycles. The first-order chi connectivity index (χ1) is 12.0. The van der Waals surface area contributed by atoms with Gasteiger partial charge >= 0.3 is 0 Å². The predicted molar refractivity (Wildman–Crippen MR) is 90.1 cm³/mol. The average molecular weight is 343 g/mol. The van der Waals surface area contributed by atoms with E-state index in [2.05, 4.69) is 10.1 Å². The van der Waals surface area contributed by atoms with Crippen molar-refractivity contribution in [2.45, 2.75) is 13.8 Å². The van der Waals surface area contributed by atoms with E-state index in [1.165, 1.54) is 12.1 Å². The maximum absolute atomic E-state index is 12.9. The molecule has 0 bridgehead atoms. The first-order valence-electron chi connectivity index (χ1n) is 7.83. The van der Waals surface area contributed by atoms with Gasteiger partial charge in [0.1, 0.15) is 18.2 Å². The van der Waals surface area contributed by atoms with Gasteiger partial charge in [-0.1, -0.05) is 5.16 Å². The Hall–Kier alpha value is -2.96. The minimum absolute atomic E-state index is 0.162. The van der Waals surface area contributed by atoms with Crippen molar-refractivity contribution in [3.63, 3.8) is 0 Å². The summed E-state index contributed by atoms with van der Waals surface area (Å²) in [6.45, 7) is 4.25. The number of pyridine rings is 1. The van der Waals surface area contributed by atoms with E-state index in [-0.39, 0.29) is 11.7 Å². The van der Waals surface area contributed by atoms with Gasteiger partial charge < -0.3 is 14.2 Å². The first-order valence-corrected chi connectivity index (χ1v) is 7.83. The normalized spacial score (nSPS) is 10.9. The van der Waals surface area contributed by atoms with E-state index in [0.29, 0.717) is 47.0 Å². The fraction of sp³-hybridized carbons (Fsp3) is 0.278. The third-order valence-corrected chi connectivity index (χ3v) is 3.83. The molecule has 0 aliphatic heterocycles. The Morgan fingerprint density at radius 2 is 2.00 bits per heavy atom. The van der Waals surface area contributed by atoms with E-state index in [4.69, 9.17) is 9.26 Å². The van der Waals surface area contributed by atoms with Crippen molar-refractivity contribution in [1.29, 1.82) is 0 Å². The highest BCUT2D eigenvalue weighted by Gasteiger charge is 2.20. The summed E-state index contributed by atoms with van der Waals surface area (Å²) < 4.78 is 23.6. The zero-order chi connectivity index (χ0) is 18.0. The summed E-state index contributed by atoms with van der Waals surface area (Å²) in [6, 6.07) is 7.48. The molecule has 0 saturated carbocycles. The molecular formula is C18H18FN3O3. The maximum Gasteiger partial charge on any atom is 0.258 e. The largest absolute Gasteiger partial charge is 0.492 e. The van der Waals surface area contributed by atoms with Crippen LogP contribution in [-0.4, -0.2) is 41.1 Å². The van der Waals surface area contributed by atoms with Gasteiger partial charge in [-0.3, -0.25) is 4.79 Å². The number of aryl methyl sites for hydroxylation is 2. The number of rotatable bonds is 5. The summed E-state index contributed by atoms with van der Waals surface area (Å²) in [4.78, 5) is 18.6. The highest BCUT2D eigenvalue weighted by molar-refractivity contribution is 6.05. The molecule has 3 rings (SSSR count). The Balaban J connectivity index is 1.70. The minimum Gasteiger partial charge on any atom is -0.492 e. The van der Waals surface area contributed by atoms with Crippen molar-refractivity contribution in [1.82, 2.24) is 15.0 Å². The highest BCUT2D eigenvalue weighted by Crippen LogP contribution is 2.23. The smallest absolute Gasteiger partial charge is 0.258 e. The number of hydrogen-bond donors (Lipinski definition) is 0. The summed E-state index contributed by atoms with van der Waals surface area (Å²) in [5.41, 5.74) is 2.17. The van der Waals surface area contributed by atoms with Crippen LogP contribution in [0.5, 0.6) is 5.75 Å². The average Bonchev–Trinajstić information content (AvgIpc) is 2.96. The van der Waals surface area contributed by atoms with Crippen molar-refractivity contribution in [2.75, 3.05) is 20.2 Å². The lowest BCUT2D eigenvalue weighted by molar-refractivity contribution is 0.0775. The summed E-state index contributed by atoms with van der Waals surface area (Å²) in [5.74, 6) is 0.0737. The van der Waals surface area contributed by atoms with Crippen molar-refractivity contribution >= 4 is 17.0 Å². The molecule has 0 unspecified atom stereocenters. The zero-order valence-electron chi connectivity index (χ0n) is 14.2. The van der Waals surface area contributed by atoms with Gasteiger partial charge in [0.15, 0.2) is 0 Å². The topological polar surface area (TPSA) is 68.5 Å². The molecule has 1 amide bonds. The van der Waals surface area contributed by atoms with Crippen LogP contribution in [-0.2, 0) is 0 Å². The van der Waals surface area contributed by atoms with Gasteiger partial charge in [-0.25, -0.2) is 9.37 Å². The molecule has 2 heterocycles. The van der Waals surface area contributed by atoms with Gasteiger partial charge in [-0.15, -0.1) is 0 Å². The lowest BCUT2D eigenvalue weighted by Gasteiger charge is -2.18. The SMILES string of the molecule is Cc1cc(C(=O)N(C)CCOc2ccc(F)cc2)c2c(C)noc2n1. The number of fused-ring (bicyclic) bond motifs is 1. The van der Waals surface area contributed by atoms with Crippen LogP contribution < -0.4 is 4.74 Å². The molecule has 0 atom stereocenters. The molecule has 1 aromatic carbocycles. The molecule has 0 N–H and O–H groups in total. The third-order valence-electron chi connectivity index (χ3n) is 3.83. The van der Waals surface area contributed by atoms with E-state index in [1.807, 2.05) is 0 Å². The maximum atomic E-state index is 12.9. The molecule has 3 aromatic rings. The molecule has 0 spiro atoms. The van der Waals surface area contributed by atoms with Crippen LogP contribution in [0.25, 0.3) is 11.1 Å². The van der Waals surface area contributed by atoms with Gasteiger partial charge in [0.2, 0.25) is 0 Å². The van der Waals surface area contributed by atoms with E-state index >= 15 is 0 Å². The molecule has 6 nitrogen and oxygen atoms in total. The van der Waals surface area contributed by atoms with E-state index in [9.17, 15) is 9.18 Å². The standard InChI is InChI=1S/C18H18FN3O3/c1-11-10-15(16-12(2)21-25-17(16)20-11)18(23)22(3)8-9-24-14-6-4-13(19)5-7-14/h4-7,10H,8-9H2,1-3H3. The van der Waals surface area contributed by atoms with Crippen LogP contribution in [0.4, 0.5) is 4.39 Å². The zero-order valence-corrected chi connectivity index (χ0v) is 14.2. The quantitative estimate of drug-likeness (QED) is 0.712. The molecular weight excluding hydrogens is 325 g/mol. The number of likely N-dealkylation sites (N-methyl/N-ethyl adjacent to an activating group) is 1. The molecule has 0 radical (unpaired) electrons. The molecule has 0 saturated heterocycles. The Morgan fingerprint density at radius 3 is 2.72 bits per heavy atom. The number of halogens is 1. The van der Waals surface area contributed by atoms with Crippen LogP contribution in [0, 0.1) is 19.7 Å². The van der Waals surface area contributed by atoms with Crippen LogP contribution in [0.2, 0.25) is 0 Å². The van der Waals surface area contributed by atoms with E-state index < -0.39 is 0 Å². The summed E-state index contributed by atoms with van der Waals surface area (Å²) >= 11 is 0. The van der Waals surface area contributed by atoms with Gasteiger partial charge in [-0.05, 0) is 44.2 Å². The lowest BCUT2D eigenvalue weighted by atomic mass is 10.1. The number of carbonyl (C=O) groups is 1. The van der Waals surface area contributed by atoms with Crippen LogP contribution >= 0.6 is 0 Å². The number of hydrogen-bond acceptors (Lipinski definition) is 5. The number of nitrogens with zero attached hydrogens (tertiary/aromatic N) is 3. The van der Waals surface area contributed by atoms with Crippen molar-refractivity contribution in [3.8, 4) is 5.75 Å². The number of aromatic nitrogens is 2. The van der Waals surface area contributed by atoms with Gasteiger partial charge in [-0.2, -0.15) is 0 Å². The molecule has 0 aliphatic carbocycles. The Kier molecular flexibility index (Phi) is 4.65. The Morgan fingerprint density at radius 1 is 1.28 bits per heavy atom. The lowest BCUT2D eigenvalue weighted by Crippen LogP contribution is -2.31. The molecule has 0 aliphatic rings. The Labute approximate surface area is 144 Å². The summed E-state index contributed by atoms with van der Waals surface area (Å²) in [6.07, 6.45) is 0. The second-order valence-corrected chi connectivity index (χ2v) is 5.79. The Bertz CT molecular complexity index is 906. The van der Waals surface area contributed by atoms with Gasteiger partial charge in [0.05, 0.1) is 23.2 Å². The number of amides is 1. The number of ether oxygens (including phenoxy) is 1. The number of benzene rings is 1. The van der Waals surface area contributed by atoms with E-state index in [1.54, 1.807) is 44.0 Å². The molecule has 0 fully saturated rings. The van der Waals surface area contributed by atoms with Crippen molar-refractivity contribution in [2.24, 2.45) is 0 Å². The third kappa shape index (κ3) is 3.60. The molecule has 130 valence electrons. The molecule has 7 heteroatoms. The predicted octanol–water partition coefficient (Wildman–Crippen LogP) is 3.13.